The van der Waals surface area contributed by atoms with Gasteiger partial charge in [0.15, 0.2) is 0 Å². The van der Waals surface area contributed by atoms with Gasteiger partial charge >= 0.3 is 5.97 Å². The highest BCUT2D eigenvalue weighted by molar-refractivity contribution is 7.83. The van der Waals surface area contributed by atoms with Gasteiger partial charge in [-0.15, -0.1) is 0 Å². The molecule has 0 aromatic carbocycles. The van der Waals surface area contributed by atoms with Gasteiger partial charge in [0.25, 0.3) is 0 Å². The van der Waals surface area contributed by atoms with Crippen LogP contribution in [0.1, 0.15) is 6.42 Å². The van der Waals surface area contributed by atoms with Gasteiger partial charge in [0.1, 0.15) is 6.54 Å². The van der Waals surface area contributed by atoms with Crippen LogP contribution in [-0.4, -0.2) is 27.6 Å². The Kier molecular flexibility index (Phi) is 5.00. The van der Waals surface area contributed by atoms with Crippen LogP contribution < -0.4 is 4.72 Å². The van der Waals surface area contributed by atoms with E-state index in [1.807, 2.05) is 30.4 Å². The standard InChI is InChI=1S/C10H13NO3S/c12-10(13)7-11-15(14)8-9-5-3-1-2-4-6-9/h1,3-6,11H,2,7-8H2,(H,12,13). The fourth-order valence-electron chi connectivity index (χ4n) is 1.06. The molecular weight excluding hydrogens is 214 g/mol. The van der Waals surface area contributed by atoms with Crippen LogP contribution in [0.25, 0.3) is 0 Å². The predicted molar refractivity (Wildman–Crippen MR) is 59.6 cm³/mol. The van der Waals surface area contributed by atoms with E-state index in [1.165, 1.54) is 0 Å². The van der Waals surface area contributed by atoms with E-state index in [0.717, 1.165) is 12.0 Å². The summed E-state index contributed by atoms with van der Waals surface area (Å²) in [6, 6.07) is 0. The number of carboxylic acid groups (broad SMARTS) is 1. The Morgan fingerprint density at radius 2 is 2.33 bits per heavy atom. The van der Waals surface area contributed by atoms with E-state index in [4.69, 9.17) is 5.11 Å². The van der Waals surface area contributed by atoms with Crippen molar-refractivity contribution in [2.45, 2.75) is 6.42 Å². The maximum Gasteiger partial charge on any atom is 0.318 e. The Hall–Kier alpha value is -1.20. The third kappa shape index (κ3) is 5.29. The summed E-state index contributed by atoms with van der Waals surface area (Å²) >= 11 is 0. The average molecular weight is 227 g/mol. The molecule has 0 spiro atoms. The third-order valence-corrected chi connectivity index (χ3v) is 2.79. The summed E-state index contributed by atoms with van der Waals surface area (Å²) in [6.45, 7) is -0.278. The van der Waals surface area contributed by atoms with Gasteiger partial charge in [-0.25, -0.2) is 8.93 Å². The summed E-state index contributed by atoms with van der Waals surface area (Å²) in [5.74, 6) is -0.678. The molecule has 2 N–H and O–H groups in total. The molecule has 0 saturated heterocycles. The van der Waals surface area contributed by atoms with Crippen LogP contribution in [0.4, 0.5) is 0 Å². The van der Waals surface area contributed by atoms with E-state index in [1.54, 1.807) is 0 Å². The number of hydrogen-bond donors (Lipinski definition) is 2. The van der Waals surface area contributed by atoms with Crippen LogP contribution in [-0.2, 0) is 15.8 Å². The van der Waals surface area contributed by atoms with E-state index in [0.29, 0.717) is 5.75 Å². The normalized spacial score (nSPS) is 16.9. The summed E-state index contributed by atoms with van der Waals surface area (Å²) in [7, 11) is -1.33. The molecular formula is C10H13NO3S. The maximum atomic E-state index is 11.4. The summed E-state index contributed by atoms with van der Waals surface area (Å²) in [5.41, 5.74) is 0.931. The SMILES string of the molecule is O=C(O)CNS(=O)CC1=CC=CCC=C1. The minimum absolute atomic E-state index is 0.278. The molecule has 0 fully saturated rings. The largest absolute Gasteiger partial charge is 0.480 e. The molecule has 1 aliphatic rings. The van der Waals surface area contributed by atoms with Crippen LogP contribution in [0.2, 0.25) is 0 Å². The molecule has 4 nitrogen and oxygen atoms in total. The van der Waals surface area contributed by atoms with E-state index in [-0.39, 0.29) is 6.54 Å². The molecule has 1 unspecified atom stereocenters. The summed E-state index contributed by atoms with van der Waals surface area (Å²) in [5, 5.41) is 8.38. The van der Waals surface area contributed by atoms with Gasteiger partial charge in [-0.2, -0.15) is 0 Å². The second kappa shape index (κ2) is 6.31. The van der Waals surface area contributed by atoms with Crippen LogP contribution >= 0.6 is 0 Å². The number of carboxylic acids is 1. The first-order valence-corrected chi connectivity index (χ1v) is 5.86. The van der Waals surface area contributed by atoms with Gasteiger partial charge in [0, 0.05) is 0 Å². The van der Waals surface area contributed by atoms with Crippen molar-refractivity contribution in [3.05, 3.63) is 36.0 Å². The Morgan fingerprint density at radius 3 is 3.07 bits per heavy atom. The van der Waals surface area contributed by atoms with Crippen molar-refractivity contribution in [1.29, 1.82) is 0 Å². The fraction of sp³-hybridized carbons (Fsp3) is 0.300. The highest BCUT2D eigenvalue weighted by Crippen LogP contribution is 2.05. The van der Waals surface area contributed by atoms with Crippen molar-refractivity contribution < 1.29 is 14.1 Å². The first-order valence-electron chi connectivity index (χ1n) is 4.54. The summed E-state index contributed by atoms with van der Waals surface area (Å²) in [6.07, 6.45) is 10.5. The lowest BCUT2D eigenvalue weighted by Gasteiger charge is -2.02. The third-order valence-electron chi connectivity index (χ3n) is 1.73. The monoisotopic (exact) mass is 227 g/mol. The van der Waals surface area contributed by atoms with Crippen LogP contribution in [0, 0.1) is 0 Å². The minimum atomic E-state index is -1.33. The molecule has 0 aliphatic heterocycles. The second-order valence-corrected chi connectivity index (χ2v) is 4.28. The Labute approximate surface area is 91.0 Å². The van der Waals surface area contributed by atoms with E-state index in [9.17, 15) is 9.00 Å². The van der Waals surface area contributed by atoms with Gasteiger partial charge in [-0.05, 0) is 12.0 Å². The van der Waals surface area contributed by atoms with Gasteiger partial charge < -0.3 is 5.11 Å². The smallest absolute Gasteiger partial charge is 0.318 e. The van der Waals surface area contributed by atoms with E-state index in [2.05, 4.69) is 4.72 Å². The van der Waals surface area contributed by atoms with Gasteiger partial charge in [0.05, 0.1) is 16.7 Å². The number of nitrogens with one attached hydrogen (secondary N) is 1. The first kappa shape index (κ1) is 11.9. The lowest BCUT2D eigenvalue weighted by Crippen LogP contribution is -2.26. The average Bonchev–Trinajstić information content (AvgIpc) is 2.43. The molecule has 0 bridgehead atoms. The molecule has 15 heavy (non-hydrogen) atoms. The van der Waals surface area contributed by atoms with Crippen molar-refractivity contribution in [3.8, 4) is 0 Å². The Balaban J connectivity index is 2.40. The van der Waals surface area contributed by atoms with Gasteiger partial charge in [-0.1, -0.05) is 30.4 Å². The Bertz CT molecular complexity index is 345. The van der Waals surface area contributed by atoms with E-state index < -0.39 is 17.0 Å². The van der Waals surface area contributed by atoms with Crippen molar-refractivity contribution >= 4 is 17.0 Å². The molecule has 0 saturated carbocycles. The molecule has 1 atom stereocenters. The lowest BCUT2D eigenvalue weighted by atomic mass is 10.3. The number of carbonyl (C=O) groups is 1. The topological polar surface area (TPSA) is 66.4 Å². The minimum Gasteiger partial charge on any atom is -0.480 e. The molecule has 0 amide bonds. The quantitative estimate of drug-likeness (QED) is 0.729. The number of hydrogen-bond acceptors (Lipinski definition) is 2. The van der Waals surface area contributed by atoms with Crippen molar-refractivity contribution in [2.24, 2.45) is 0 Å². The molecule has 5 heteroatoms. The molecule has 0 heterocycles. The maximum absolute atomic E-state index is 11.4. The summed E-state index contributed by atoms with van der Waals surface area (Å²) < 4.78 is 13.8. The van der Waals surface area contributed by atoms with Crippen molar-refractivity contribution in [3.63, 3.8) is 0 Å². The molecule has 1 rings (SSSR count). The molecule has 0 radical (unpaired) electrons. The van der Waals surface area contributed by atoms with Gasteiger partial charge in [0.2, 0.25) is 0 Å². The van der Waals surface area contributed by atoms with Gasteiger partial charge in [-0.3, -0.25) is 4.79 Å². The number of rotatable bonds is 5. The first-order chi connectivity index (χ1) is 7.18. The molecule has 0 aromatic rings. The van der Waals surface area contributed by atoms with Crippen LogP contribution in [0.5, 0.6) is 0 Å². The zero-order chi connectivity index (χ0) is 11.1. The van der Waals surface area contributed by atoms with Crippen molar-refractivity contribution in [1.82, 2.24) is 4.72 Å². The highest BCUT2D eigenvalue weighted by Gasteiger charge is 2.04. The predicted octanol–water partition coefficient (Wildman–Crippen LogP) is 0.767. The van der Waals surface area contributed by atoms with Crippen LogP contribution in [0.3, 0.4) is 0 Å². The van der Waals surface area contributed by atoms with Crippen LogP contribution in [0.15, 0.2) is 36.0 Å². The second-order valence-electron chi connectivity index (χ2n) is 3.01. The number of aliphatic carboxylic acids is 1. The number of allylic oxidation sites excluding steroid dienone is 5. The fourth-order valence-corrected chi connectivity index (χ4v) is 1.95. The zero-order valence-electron chi connectivity index (χ0n) is 8.18. The molecule has 1 aliphatic carbocycles. The highest BCUT2D eigenvalue weighted by atomic mass is 32.2. The summed E-state index contributed by atoms with van der Waals surface area (Å²) in [4.78, 5) is 10.2. The Morgan fingerprint density at radius 1 is 1.53 bits per heavy atom. The molecule has 0 aromatic heterocycles. The van der Waals surface area contributed by atoms with Crippen molar-refractivity contribution in [2.75, 3.05) is 12.3 Å². The molecule has 82 valence electrons. The van der Waals surface area contributed by atoms with E-state index >= 15 is 0 Å². The lowest BCUT2D eigenvalue weighted by molar-refractivity contribution is -0.135. The zero-order valence-corrected chi connectivity index (χ0v) is 9.00.